The number of carbonyl (C=O) groups is 2. The van der Waals surface area contributed by atoms with E-state index in [1.54, 1.807) is 20.8 Å². The largest absolute Gasteiger partial charge is 0.444 e. The maximum Gasteiger partial charge on any atom is 0.408 e. The Morgan fingerprint density at radius 3 is 2.67 bits per heavy atom. The maximum atomic E-state index is 12.7. The number of rotatable bonds is 4. The molecule has 2 atom stereocenters. The Morgan fingerprint density at radius 2 is 2.12 bits per heavy atom. The molecule has 1 aromatic heterocycles. The van der Waals surface area contributed by atoms with Gasteiger partial charge in [-0.2, -0.15) is 0 Å². The number of ether oxygens (including phenoxy) is 1. The van der Waals surface area contributed by atoms with Crippen LogP contribution in [-0.2, 0) is 20.0 Å². The van der Waals surface area contributed by atoms with Gasteiger partial charge in [-0.05, 0) is 39.3 Å². The van der Waals surface area contributed by atoms with Crippen LogP contribution in [0.2, 0.25) is 0 Å². The molecule has 1 fully saturated rings. The molecule has 1 aliphatic heterocycles. The highest BCUT2D eigenvalue weighted by molar-refractivity contribution is 5.88. The van der Waals surface area contributed by atoms with E-state index in [1.807, 2.05) is 6.29 Å². The Kier molecular flexibility index (Phi) is 4.86. The fourth-order valence-electron chi connectivity index (χ4n) is 2.57. The molecule has 10 nitrogen and oxygen atoms in total. The molecule has 10 heteroatoms. The van der Waals surface area contributed by atoms with Crippen LogP contribution in [0.5, 0.6) is 0 Å². The highest BCUT2D eigenvalue weighted by Crippen LogP contribution is 2.31. The van der Waals surface area contributed by atoms with Crippen LogP contribution in [0, 0.1) is 0 Å². The zero-order valence-electron chi connectivity index (χ0n) is 14.1. The van der Waals surface area contributed by atoms with Gasteiger partial charge < -0.3 is 15.0 Å². The summed E-state index contributed by atoms with van der Waals surface area (Å²) in [5.41, 5.74) is -2.11. The van der Waals surface area contributed by atoms with Crippen LogP contribution in [0.3, 0.4) is 0 Å². The summed E-state index contributed by atoms with van der Waals surface area (Å²) in [6.07, 6.45) is 3.26. The van der Waals surface area contributed by atoms with Gasteiger partial charge in [0.2, 0.25) is 11.6 Å². The monoisotopic (exact) mass is 337 g/mol. The minimum absolute atomic E-state index is 0.329. The molecule has 1 N–H and O–H groups in total. The molecule has 1 saturated heterocycles. The molecule has 0 bridgehead atoms. The van der Waals surface area contributed by atoms with E-state index in [1.165, 1.54) is 18.2 Å². The van der Waals surface area contributed by atoms with Gasteiger partial charge in [-0.1, -0.05) is 0 Å². The number of tetrazole rings is 1. The Morgan fingerprint density at radius 1 is 1.42 bits per heavy atom. The smallest absolute Gasteiger partial charge is 0.408 e. The van der Waals surface area contributed by atoms with Crippen molar-refractivity contribution in [3.8, 4) is 0 Å². The molecule has 1 aromatic rings. The quantitative estimate of drug-likeness (QED) is 0.819. The SMILES string of the molecule is CC(NC(=O)OC(C)(C)C)C(=O)N1CCC[C@]1([C]=O)n1ncnn1. The molecule has 24 heavy (non-hydrogen) atoms. The molecule has 1 unspecified atom stereocenters. The molecule has 131 valence electrons. The van der Waals surface area contributed by atoms with Gasteiger partial charge in [0.1, 0.15) is 11.6 Å². The Labute approximate surface area is 139 Å². The van der Waals surface area contributed by atoms with Crippen LogP contribution in [0.1, 0.15) is 40.5 Å². The first-order chi connectivity index (χ1) is 11.2. The second kappa shape index (κ2) is 6.54. The second-order valence-corrected chi connectivity index (χ2v) is 6.61. The predicted octanol–water partition coefficient (Wildman–Crippen LogP) is -0.0288. The Balaban J connectivity index is 2.13. The summed E-state index contributed by atoms with van der Waals surface area (Å²) in [4.78, 5) is 38.5. The van der Waals surface area contributed by atoms with Crippen molar-refractivity contribution in [3.63, 3.8) is 0 Å². The maximum absolute atomic E-state index is 12.7. The lowest BCUT2D eigenvalue weighted by Crippen LogP contribution is -2.57. The van der Waals surface area contributed by atoms with E-state index in [4.69, 9.17) is 4.74 Å². The van der Waals surface area contributed by atoms with E-state index in [0.29, 0.717) is 19.4 Å². The van der Waals surface area contributed by atoms with Gasteiger partial charge in [0.15, 0.2) is 6.33 Å². The van der Waals surface area contributed by atoms with Crippen molar-refractivity contribution < 1.29 is 19.1 Å². The molecule has 0 aliphatic carbocycles. The number of likely N-dealkylation sites (tertiary alicyclic amines) is 1. The van der Waals surface area contributed by atoms with Gasteiger partial charge >= 0.3 is 6.09 Å². The molecular formula is C14H21N6O4. The van der Waals surface area contributed by atoms with Gasteiger partial charge in [0.05, 0.1) is 0 Å². The average molecular weight is 337 g/mol. The standard InChI is InChI=1S/C14H21N6O4/c1-10(17-12(23)24-13(2,3)4)11(22)19-7-5-6-14(19,8-21)20-16-9-15-18-20/h9-10H,5-7H2,1-4H3,(H,17,23)/t10?,14-/m1/s1. The first kappa shape index (κ1) is 17.8. The fraction of sp³-hybridized carbons (Fsp3) is 0.714. The Bertz CT molecular complexity index is 611. The molecule has 2 rings (SSSR count). The normalized spacial score (nSPS) is 22.1. The number of hydrogen-bond donors (Lipinski definition) is 1. The number of amides is 2. The summed E-state index contributed by atoms with van der Waals surface area (Å²) in [5, 5.41) is 13.7. The van der Waals surface area contributed by atoms with E-state index < -0.39 is 29.3 Å². The molecule has 1 aliphatic rings. The molecular weight excluding hydrogens is 316 g/mol. The molecule has 0 aromatic carbocycles. The van der Waals surface area contributed by atoms with Gasteiger partial charge in [0.25, 0.3) is 6.29 Å². The summed E-state index contributed by atoms with van der Waals surface area (Å²) in [7, 11) is 0. The minimum Gasteiger partial charge on any atom is -0.444 e. The number of carbonyl (C=O) groups excluding carboxylic acids is 3. The number of alkyl carbamates (subject to hydrolysis) is 1. The van der Waals surface area contributed by atoms with Crippen molar-refractivity contribution in [2.24, 2.45) is 0 Å². The number of nitrogens with zero attached hydrogens (tertiary/aromatic N) is 5. The third-order valence-electron chi connectivity index (χ3n) is 3.57. The van der Waals surface area contributed by atoms with Crippen molar-refractivity contribution in [2.45, 2.75) is 57.8 Å². The predicted molar refractivity (Wildman–Crippen MR) is 81.3 cm³/mol. The lowest BCUT2D eigenvalue weighted by atomic mass is 10.1. The zero-order chi connectivity index (χ0) is 18.0. The van der Waals surface area contributed by atoms with Gasteiger partial charge in [-0.15, -0.1) is 15.0 Å². The van der Waals surface area contributed by atoms with Crippen LogP contribution in [-0.4, -0.2) is 61.6 Å². The van der Waals surface area contributed by atoms with Crippen molar-refractivity contribution in [1.29, 1.82) is 0 Å². The topological polar surface area (TPSA) is 119 Å². The molecule has 2 heterocycles. The third-order valence-corrected chi connectivity index (χ3v) is 3.57. The van der Waals surface area contributed by atoms with Crippen molar-refractivity contribution in [1.82, 2.24) is 30.4 Å². The molecule has 1 radical (unpaired) electrons. The van der Waals surface area contributed by atoms with Crippen LogP contribution < -0.4 is 5.32 Å². The first-order valence-corrected chi connectivity index (χ1v) is 7.63. The van der Waals surface area contributed by atoms with Crippen LogP contribution in [0.4, 0.5) is 4.79 Å². The fourth-order valence-corrected chi connectivity index (χ4v) is 2.57. The van der Waals surface area contributed by atoms with E-state index in [2.05, 4.69) is 20.7 Å². The highest BCUT2D eigenvalue weighted by atomic mass is 16.6. The van der Waals surface area contributed by atoms with Crippen molar-refractivity contribution in [3.05, 3.63) is 6.33 Å². The van der Waals surface area contributed by atoms with Crippen LogP contribution in [0.25, 0.3) is 0 Å². The minimum atomic E-state index is -1.43. The summed E-state index contributed by atoms with van der Waals surface area (Å²) in [6, 6.07) is -0.880. The van der Waals surface area contributed by atoms with Crippen molar-refractivity contribution in [2.75, 3.05) is 6.54 Å². The third kappa shape index (κ3) is 3.52. The molecule has 0 spiro atoms. The summed E-state index contributed by atoms with van der Waals surface area (Å²) < 4.78 is 5.13. The lowest BCUT2D eigenvalue weighted by Gasteiger charge is -2.33. The van der Waals surface area contributed by atoms with E-state index in [9.17, 15) is 14.4 Å². The molecule has 0 saturated carbocycles. The summed E-state index contributed by atoms with van der Waals surface area (Å²) in [6.45, 7) is 7.03. The zero-order valence-corrected chi connectivity index (χ0v) is 14.1. The van der Waals surface area contributed by atoms with Gasteiger partial charge in [-0.25, -0.2) is 4.79 Å². The molecule has 2 amide bonds. The Hall–Kier alpha value is -2.52. The first-order valence-electron chi connectivity index (χ1n) is 7.63. The van der Waals surface area contributed by atoms with Crippen LogP contribution >= 0.6 is 0 Å². The van der Waals surface area contributed by atoms with Crippen molar-refractivity contribution >= 4 is 18.3 Å². The highest BCUT2D eigenvalue weighted by Gasteiger charge is 2.49. The number of aromatic nitrogens is 4. The summed E-state index contributed by atoms with van der Waals surface area (Å²) >= 11 is 0. The van der Waals surface area contributed by atoms with E-state index in [-0.39, 0.29) is 0 Å². The van der Waals surface area contributed by atoms with E-state index >= 15 is 0 Å². The average Bonchev–Trinajstić information content (AvgIpc) is 3.13. The number of nitrogens with one attached hydrogen (secondary N) is 1. The van der Waals surface area contributed by atoms with E-state index in [0.717, 1.165) is 4.80 Å². The van der Waals surface area contributed by atoms with Gasteiger partial charge in [-0.3, -0.25) is 9.59 Å². The van der Waals surface area contributed by atoms with Crippen LogP contribution in [0.15, 0.2) is 6.33 Å². The number of hydrogen-bond acceptors (Lipinski definition) is 7. The summed E-state index contributed by atoms with van der Waals surface area (Å²) in [5.74, 6) is -0.445. The van der Waals surface area contributed by atoms with Gasteiger partial charge in [0, 0.05) is 13.0 Å². The second-order valence-electron chi connectivity index (χ2n) is 6.61. The lowest BCUT2D eigenvalue weighted by molar-refractivity contribution is -0.138.